The summed E-state index contributed by atoms with van der Waals surface area (Å²) in [5.74, 6) is 0. The number of aromatic nitrogens is 1. The number of hydrogen-bond acceptors (Lipinski definition) is 2. The van der Waals surface area contributed by atoms with Gasteiger partial charge >= 0.3 is 0 Å². The van der Waals surface area contributed by atoms with E-state index >= 15 is 0 Å². The minimum Gasteiger partial charge on any atom is -0.305 e. The summed E-state index contributed by atoms with van der Waals surface area (Å²) in [5.41, 5.74) is 6.52. The lowest BCUT2D eigenvalue weighted by Gasteiger charge is -2.15. The van der Waals surface area contributed by atoms with Crippen LogP contribution in [0.3, 0.4) is 0 Å². The smallest absolute Gasteiger partial charge is 0.0570 e. The van der Waals surface area contributed by atoms with E-state index in [1.54, 1.807) is 0 Å². The molecule has 0 fully saturated rings. The van der Waals surface area contributed by atoms with Gasteiger partial charge in [-0.05, 0) is 62.1 Å². The molecule has 0 aliphatic heterocycles. The first-order valence-corrected chi connectivity index (χ1v) is 6.79. The Kier molecular flexibility index (Phi) is 4.33. The standard InChI is InChI=1S/C17H22N2/c1-12-9-14(3)16(10-13(12)2)11-19-15(4)17-7-5-6-8-18-17/h5-10,15,19H,11H2,1-4H3/t15-/m0/s1. The highest BCUT2D eigenvalue weighted by Crippen LogP contribution is 2.16. The zero-order valence-corrected chi connectivity index (χ0v) is 12.2. The van der Waals surface area contributed by atoms with Crippen LogP contribution in [-0.4, -0.2) is 4.98 Å². The fraction of sp³-hybridized carbons (Fsp3) is 0.353. The Morgan fingerprint density at radius 3 is 2.47 bits per heavy atom. The van der Waals surface area contributed by atoms with Gasteiger partial charge in [0.25, 0.3) is 0 Å². The number of pyridine rings is 1. The predicted molar refractivity (Wildman–Crippen MR) is 80.1 cm³/mol. The molecule has 2 heteroatoms. The Morgan fingerprint density at radius 2 is 1.79 bits per heavy atom. The zero-order chi connectivity index (χ0) is 13.8. The molecule has 1 heterocycles. The van der Waals surface area contributed by atoms with Crippen LogP contribution in [-0.2, 0) is 6.54 Å². The molecule has 0 amide bonds. The van der Waals surface area contributed by atoms with E-state index in [1.165, 1.54) is 22.3 Å². The molecule has 0 radical (unpaired) electrons. The fourth-order valence-corrected chi connectivity index (χ4v) is 2.21. The van der Waals surface area contributed by atoms with Gasteiger partial charge in [-0.1, -0.05) is 18.2 Å². The Bertz CT molecular complexity index is 547. The average molecular weight is 254 g/mol. The van der Waals surface area contributed by atoms with Gasteiger partial charge in [0, 0.05) is 18.8 Å². The van der Waals surface area contributed by atoms with Gasteiger partial charge in [0.2, 0.25) is 0 Å². The van der Waals surface area contributed by atoms with Crippen molar-refractivity contribution in [3.63, 3.8) is 0 Å². The number of benzene rings is 1. The fourth-order valence-electron chi connectivity index (χ4n) is 2.21. The van der Waals surface area contributed by atoms with Crippen molar-refractivity contribution in [1.29, 1.82) is 0 Å². The zero-order valence-electron chi connectivity index (χ0n) is 12.2. The molecule has 0 aliphatic carbocycles. The first kappa shape index (κ1) is 13.8. The molecule has 1 N–H and O–H groups in total. The Hall–Kier alpha value is -1.67. The topological polar surface area (TPSA) is 24.9 Å². The Labute approximate surface area is 115 Å². The van der Waals surface area contributed by atoms with Gasteiger partial charge in [-0.2, -0.15) is 0 Å². The van der Waals surface area contributed by atoms with Crippen molar-refractivity contribution < 1.29 is 0 Å². The third-order valence-corrected chi connectivity index (χ3v) is 3.68. The van der Waals surface area contributed by atoms with Crippen LogP contribution in [0.2, 0.25) is 0 Å². The number of aryl methyl sites for hydroxylation is 3. The third kappa shape index (κ3) is 3.42. The lowest BCUT2D eigenvalue weighted by Crippen LogP contribution is -2.19. The summed E-state index contributed by atoms with van der Waals surface area (Å²) in [6, 6.07) is 10.8. The highest BCUT2D eigenvalue weighted by molar-refractivity contribution is 5.36. The van der Waals surface area contributed by atoms with Crippen LogP contribution < -0.4 is 5.32 Å². The lowest BCUT2D eigenvalue weighted by molar-refractivity contribution is 0.560. The summed E-state index contributed by atoms with van der Waals surface area (Å²) in [6.45, 7) is 9.54. The maximum absolute atomic E-state index is 4.38. The molecule has 0 saturated heterocycles. The van der Waals surface area contributed by atoms with E-state index < -0.39 is 0 Å². The van der Waals surface area contributed by atoms with Crippen molar-refractivity contribution in [1.82, 2.24) is 10.3 Å². The summed E-state index contributed by atoms with van der Waals surface area (Å²) in [7, 11) is 0. The third-order valence-electron chi connectivity index (χ3n) is 3.68. The highest BCUT2D eigenvalue weighted by Gasteiger charge is 2.07. The van der Waals surface area contributed by atoms with E-state index in [9.17, 15) is 0 Å². The molecule has 100 valence electrons. The molecule has 1 aromatic carbocycles. The number of hydrogen-bond donors (Lipinski definition) is 1. The molecule has 0 unspecified atom stereocenters. The molecule has 0 spiro atoms. The molecule has 2 rings (SSSR count). The minimum absolute atomic E-state index is 0.266. The summed E-state index contributed by atoms with van der Waals surface area (Å²) in [6.07, 6.45) is 1.84. The van der Waals surface area contributed by atoms with Gasteiger partial charge < -0.3 is 5.32 Å². The van der Waals surface area contributed by atoms with Crippen molar-refractivity contribution in [2.45, 2.75) is 40.3 Å². The molecule has 2 aromatic rings. The quantitative estimate of drug-likeness (QED) is 0.896. The van der Waals surface area contributed by atoms with E-state index in [0.29, 0.717) is 0 Å². The average Bonchev–Trinajstić information content (AvgIpc) is 2.42. The molecule has 1 atom stereocenters. The van der Waals surface area contributed by atoms with E-state index in [-0.39, 0.29) is 6.04 Å². The second kappa shape index (κ2) is 5.98. The van der Waals surface area contributed by atoms with Gasteiger partial charge in [0.1, 0.15) is 0 Å². The molecule has 0 bridgehead atoms. The molecule has 19 heavy (non-hydrogen) atoms. The first-order valence-electron chi connectivity index (χ1n) is 6.79. The summed E-state index contributed by atoms with van der Waals surface area (Å²) < 4.78 is 0. The molecular weight excluding hydrogens is 232 g/mol. The molecule has 0 aliphatic rings. The van der Waals surface area contributed by atoms with Crippen LogP contribution in [0.4, 0.5) is 0 Å². The van der Waals surface area contributed by atoms with Crippen molar-refractivity contribution in [2.75, 3.05) is 0 Å². The summed E-state index contributed by atoms with van der Waals surface area (Å²) in [5, 5.41) is 3.54. The summed E-state index contributed by atoms with van der Waals surface area (Å²) >= 11 is 0. The van der Waals surface area contributed by atoms with Gasteiger partial charge in [0.05, 0.1) is 5.69 Å². The van der Waals surface area contributed by atoms with Gasteiger partial charge in [-0.3, -0.25) is 4.98 Å². The summed E-state index contributed by atoms with van der Waals surface area (Å²) in [4.78, 5) is 4.38. The van der Waals surface area contributed by atoms with E-state index in [4.69, 9.17) is 0 Å². The SMILES string of the molecule is Cc1cc(C)c(CN[C@@H](C)c2ccccn2)cc1C. The van der Waals surface area contributed by atoms with Crippen LogP contribution in [0.15, 0.2) is 36.5 Å². The lowest BCUT2D eigenvalue weighted by atomic mass is 10.0. The van der Waals surface area contributed by atoms with E-state index in [0.717, 1.165) is 12.2 Å². The largest absolute Gasteiger partial charge is 0.305 e. The van der Waals surface area contributed by atoms with Gasteiger partial charge in [-0.15, -0.1) is 0 Å². The Balaban J connectivity index is 2.05. The molecule has 2 nitrogen and oxygen atoms in total. The number of rotatable bonds is 4. The van der Waals surface area contributed by atoms with Crippen LogP contribution in [0.5, 0.6) is 0 Å². The van der Waals surface area contributed by atoms with Crippen molar-refractivity contribution in [2.24, 2.45) is 0 Å². The van der Waals surface area contributed by atoms with Crippen molar-refractivity contribution in [3.05, 3.63) is 64.5 Å². The first-order chi connectivity index (χ1) is 9.08. The highest BCUT2D eigenvalue weighted by atomic mass is 14.9. The number of nitrogens with one attached hydrogen (secondary N) is 1. The second-order valence-corrected chi connectivity index (χ2v) is 5.22. The number of nitrogens with zero attached hydrogens (tertiary/aromatic N) is 1. The van der Waals surface area contributed by atoms with Crippen LogP contribution in [0.25, 0.3) is 0 Å². The van der Waals surface area contributed by atoms with Gasteiger partial charge in [0.15, 0.2) is 0 Å². The van der Waals surface area contributed by atoms with Crippen molar-refractivity contribution >= 4 is 0 Å². The maximum Gasteiger partial charge on any atom is 0.0570 e. The predicted octanol–water partition coefficient (Wildman–Crippen LogP) is 3.86. The van der Waals surface area contributed by atoms with E-state index in [2.05, 4.69) is 56.2 Å². The van der Waals surface area contributed by atoms with E-state index in [1.807, 2.05) is 18.3 Å². The molecule has 0 saturated carbocycles. The Morgan fingerprint density at radius 1 is 1.05 bits per heavy atom. The molecular formula is C17H22N2. The van der Waals surface area contributed by atoms with Crippen LogP contribution in [0, 0.1) is 20.8 Å². The van der Waals surface area contributed by atoms with Crippen LogP contribution in [0.1, 0.15) is 40.9 Å². The van der Waals surface area contributed by atoms with Crippen LogP contribution >= 0.6 is 0 Å². The van der Waals surface area contributed by atoms with Gasteiger partial charge in [-0.25, -0.2) is 0 Å². The normalized spacial score (nSPS) is 12.4. The van der Waals surface area contributed by atoms with Crippen molar-refractivity contribution in [3.8, 4) is 0 Å². The monoisotopic (exact) mass is 254 g/mol. The molecule has 1 aromatic heterocycles. The minimum atomic E-state index is 0.266. The second-order valence-electron chi connectivity index (χ2n) is 5.22. The maximum atomic E-state index is 4.38.